The Hall–Kier alpha value is -2.13. The third-order valence-corrected chi connectivity index (χ3v) is 10.5. The van der Waals surface area contributed by atoms with E-state index in [-0.39, 0.29) is 50.8 Å². The number of thioether (sulfide) groups is 1. The molecule has 0 aliphatic carbocycles. The molecule has 0 spiro atoms. The number of rotatable bonds is 5. The molecule has 0 radical (unpaired) electrons. The van der Waals surface area contributed by atoms with Crippen molar-refractivity contribution in [1.29, 1.82) is 0 Å². The van der Waals surface area contributed by atoms with E-state index in [4.69, 9.17) is 9.47 Å². The van der Waals surface area contributed by atoms with Crippen molar-refractivity contribution < 1.29 is 36.2 Å². The first-order valence-electron chi connectivity index (χ1n) is 14.4. The Kier molecular flexibility index (Phi) is 7.93. The Labute approximate surface area is 258 Å². The number of hydrogen-bond donors (Lipinski definition) is 0. The van der Waals surface area contributed by atoms with Gasteiger partial charge in [-0.15, -0.1) is 0 Å². The molecule has 8 nitrogen and oxygen atoms in total. The summed E-state index contributed by atoms with van der Waals surface area (Å²) in [4.78, 5) is 27.3. The molecular formula is C28H33BrF5N5O3S. The van der Waals surface area contributed by atoms with E-state index in [2.05, 4.69) is 30.8 Å². The summed E-state index contributed by atoms with van der Waals surface area (Å²) >= 11 is 2.57. The van der Waals surface area contributed by atoms with Crippen molar-refractivity contribution in [3.05, 3.63) is 16.4 Å². The van der Waals surface area contributed by atoms with Crippen LogP contribution in [0.2, 0.25) is 0 Å². The summed E-state index contributed by atoms with van der Waals surface area (Å²) in [6.07, 6.45) is 2.02. The first kappa shape index (κ1) is 30.9. The number of fused-ring (bicyclic) bond motifs is 4. The average molecular weight is 695 g/mol. The number of benzene rings is 1. The summed E-state index contributed by atoms with van der Waals surface area (Å²) < 4.78 is 81.5. The molecule has 1 amide bonds. The molecule has 4 aliphatic rings. The highest BCUT2D eigenvalue weighted by atomic mass is 79.9. The fourth-order valence-electron chi connectivity index (χ4n) is 6.99. The van der Waals surface area contributed by atoms with Crippen molar-refractivity contribution in [3.8, 4) is 6.01 Å². The van der Waals surface area contributed by atoms with Gasteiger partial charge in [-0.1, -0.05) is 0 Å². The van der Waals surface area contributed by atoms with E-state index in [1.807, 2.05) is 4.90 Å². The molecule has 0 saturated carbocycles. The molecule has 2 unspecified atom stereocenters. The largest absolute Gasteiger partial charge is 0.461 e. The normalized spacial score (nSPS) is 27.7. The zero-order chi connectivity index (χ0) is 30.9. The standard InChI is InChI=1S/C28H33BrF5N5O3S/c1-26(2,3)42-25(40)39-16-5-6-17(39)13-37(12-16)23-18-9-19(43-28(32,33)34)20(29)21(31)22(18)35-24(36-23)41-14-27-7-4-8-38(27)11-15(30)10-27/h9,15-17H,4-8,10-14H2,1-3H3/t15-,16?,17?,27+/m1/s1. The Morgan fingerprint density at radius 3 is 2.51 bits per heavy atom. The molecule has 0 N–H and O–H groups in total. The lowest BCUT2D eigenvalue weighted by Gasteiger charge is -2.42. The first-order valence-corrected chi connectivity index (χ1v) is 16.0. The minimum absolute atomic E-state index is 0.107. The summed E-state index contributed by atoms with van der Waals surface area (Å²) in [5, 5.41) is 0.107. The van der Waals surface area contributed by atoms with Crippen LogP contribution in [0.1, 0.15) is 52.9 Å². The van der Waals surface area contributed by atoms with Crippen molar-refractivity contribution >= 4 is 50.5 Å². The number of halogens is 6. The third kappa shape index (κ3) is 6.09. The minimum Gasteiger partial charge on any atom is -0.461 e. The Balaban J connectivity index is 1.36. The van der Waals surface area contributed by atoms with Gasteiger partial charge in [0.25, 0.3) is 0 Å². The van der Waals surface area contributed by atoms with Crippen molar-refractivity contribution in [2.75, 3.05) is 37.7 Å². The Morgan fingerprint density at radius 2 is 1.86 bits per heavy atom. The van der Waals surface area contributed by atoms with Crippen LogP contribution in [-0.2, 0) is 4.74 Å². The first-order chi connectivity index (χ1) is 20.1. The van der Waals surface area contributed by atoms with Crippen LogP contribution in [0.3, 0.4) is 0 Å². The molecule has 1 aromatic carbocycles. The average Bonchev–Trinajstić information content (AvgIpc) is 3.51. The maximum Gasteiger partial charge on any atom is 0.446 e. The monoisotopic (exact) mass is 693 g/mol. The van der Waals surface area contributed by atoms with Gasteiger partial charge in [-0.2, -0.15) is 23.1 Å². The molecule has 5 heterocycles. The molecule has 43 heavy (non-hydrogen) atoms. The number of hydrogen-bond acceptors (Lipinski definition) is 8. The second-order valence-corrected chi connectivity index (χ2v) is 14.7. The highest BCUT2D eigenvalue weighted by Gasteiger charge is 2.50. The van der Waals surface area contributed by atoms with E-state index in [1.165, 1.54) is 6.07 Å². The van der Waals surface area contributed by atoms with Gasteiger partial charge in [0.05, 0.1) is 22.1 Å². The van der Waals surface area contributed by atoms with Gasteiger partial charge in [-0.25, -0.2) is 13.6 Å². The molecule has 4 aliphatic heterocycles. The quantitative estimate of drug-likeness (QED) is 0.254. The lowest BCUT2D eigenvalue weighted by molar-refractivity contribution is -0.0328. The maximum atomic E-state index is 15.7. The van der Waals surface area contributed by atoms with Gasteiger partial charge in [0.15, 0.2) is 5.82 Å². The number of alkyl halides is 4. The van der Waals surface area contributed by atoms with Gasteiger partial charge in [-0.05, 0) is 86.8 Å². The van der Waals surface area contributed by atoms with E-state index in [1.54, 1.807) is 25.7 Å². The predicted octanol–water partition coefficient (Wildman–Crippen LogP) is 6.69. The van der Waals surface area contributed by atoms with Gasteiger partial charge in [0.1, 0.15) is 29.7 Å². The van der Waals surface area contributed by atoms with Crippen LogP contribution in [0.4, 0.5) is 32.6 Å². The van der Waals surface area contributed by atoms with E-state index in [0.29, 0.717) is 38.9 Å². The number of piperazine rings is 1. The van der Waals surface area contributed by atoms with Gasteiger partial charge in [0.2, 0.25) is 0 Å². The third-order valence-electron chi connectivity index (χ3n) is 8.64. The second-order valence-electron chi connectivity index (χ2n) is 12.8. The number of aromatic nitrogens is 2. The van der Waals surface area contributed by atoms with Crippen LogP contribution < -0.4 is 9.64 Å². The highest BCUT2D eigenvalue weighted by molar-refractivity contribution is 9.10. The van der Waals surface area contributed by atoms with Crippen molar-refractivity contribution in [3.63, 3.8) is 0 Å². The molecule has 4 saturated heterocycles. The molecule has 6 rings (SSSR count). The minimum atomic E-state index is -4.65. The van der Waals surface area contributed by atoms with E-state index in [9.17, 15) is 22.4 Å². The summed E-state index contributed by atoms with van der Waals surface area (Å²) in [7, 11) is 0. The Bertz CT molecular complexity index is 1410. The Morgan fingerprint density at radius 1 is 1.16 bits per heavy atom. The predicted molar refractivity (Wildman–Crippen MR) is 155 cm³/mol. The highest BCUT2D eigenvalue weighted by Crippen LogP contribution is 2.46. The van der Waals surface area contributed by atoms with Crippen LogP contribution >= 0.6 is 27.7 Å². The molecule has 2 aromatic rings. The van der Waals surface area contributed by atoms with Crippen LogP contribution in [-0.4, -0.2) is 93.6 Å². The van der Waals surface area contributed by atoms with Gasteiger partial charge >= 0.3 is 17.6 Å². The van der Waals surface area contributed by atoms with Crippen LogP contribution in [0.5, 0.6) is 6.01 Å². The summed E-state index contributed by atoms with van der Waals surface area (Å²) in [6.45, 7) is 7.24. The molecule has 1 aromatic heterocycles. The van der Waals surface area contributed by atoms with E-state index in [0.717, 1.165) is 19.4 Å². The summed E-state index contributed by atoms with van der Waals surface area (Å²) in [5.41, 5.74) is -6.00. The number of amides is 1. The van der Waals surface area contributed by atoms with E-state index < -0.39 is 46.5 Å². The van der Waals surface area contributed by atoms with Gasteiger partial charge in [0, 0.05) is 36.3 Å². The molecule has 4 atom stereocenters. The molecule has 15 heteroatoms. The summed E-state index contributed by atoms with van der Waals surface area (Å²) in [6, 6.07) is 0.663. The number of anilines is 1. The molecule has 2 bridgehead atoms. The SMILES string of the molecule is CC(C)(C)OC(=O)N1C2CCC1CN(c1nc(OC[C@@]34CCCN3C[C@H](F)C4)nc3c(F)c(Br)c(SC(F)(F)F)cc13)C2. The zero-order valence-corrected chi connectivity index (χ0v) is 26.4. The van der Waals surface area contributed by atoms with Gasteiger partial charge < -0.3 is 14.4 Å². The lowest BCUT2D eigenvalue weighted by Crippen LogP contribution is -2.57. The fourth-order valence-corrected chi connectivity index (χ4v) is 8.14. The van der Waals surface area contributed by atoms with Crippen molar-refractivity contribution in [1.82, 2.24) is 19.8 Å². The maximum absolute atomic E-state index is 15.7. The van der Waals surface area contributed by atoms with Crippen molar-refractivity contribution in [2.24, 2.45) is 0 Å². The van der Waals surface area contributed by atoms with E-state index >= 15 is 4.39 Å². The number of carbonyl (C=O) groups is 1. The molecule has 236 valence electrons. The smallest absolute Gasteiger partial charge is 0.446 e. The van der Waals surface area contributed by atoms with Crippen molar-refractivity contribution in [2.45, 2.75) is 92.7 Å². The topological polar surface area (TPSA) is 71.0 Å². The second kappa shape index (κ2) is 11.0. The van der Waals surface area contributed by atoms with Gasteiger partial charge in [-0.3, -0.25) is 9.80 Å². The number of carbonyl (C=O) groups excluding carboxylic acids is 1. The fraction of sp³-hybridized carbons (Fsp3) is 0.679. The molecule has 4 fully saturated rings. The van der Waals surface area contributed by atoms with Crippen LogP contribution in [0, 0.1) is 5.82 Å². The molecular weight excluding hydrogens is 661 g/mol. The zero-order valence-electron chi connectivity index (χ0n) is 24.0. The summed E-state index contributed by atoms with van der Waals surface area (Å²) in [5.74, 6) is -0.731. The van der Waals surface area contributed by atoms with Crippen LogP contribution in [0.25, 0.3) is 10.9 Å². The number of nitrogens with zero attached hydrogens (tertiary/aromatic N) is 5. The number of ether oxygens (including phenoxy) is 2. The lowest BCUT2D eigenvalue weighted by atomic mass is 9.95. The van der Waals surface area contributed by atoms with Crippen LogP contribution in [0.15, 0.2) is 15.4 Å².